The molecular formula is C12H19NO. The maximum absolute atomic E-state index is 5.09. The minimum Gasteiger partial charge on any atom is -0.497 e. The Morgan fingerprint density at radius 3 is 2.43 bits per heavy atom. The Bertz CT molecular complexity index is 282. The van der Waals surface area contributed by atoms with E-state index >= 15 is 0 Å². The van der Waals surface area contributed by atoms with Crippen LogP contribution in [0.25, 0.3) is 0 Å². The first-order chi connectivity index (χ1) is 6.81. The molecule has 0 spiro atoms. The molecule has 14 heavy (non-hydrogen) atoms. The molecule has 0 aliphatic rings. The smallest absolute Gasteiger partial charge is 0.119 e. The van der Waals surface area contributed by atoms with Gasteiger partial charge < -0.3 is 4.74 Å². The molecule has 0 atom stereocenters. The van der Waals surface area contributed by atoms with Crippen LogP contribution >= 0.6 is 0 Å². The van der Waals surface area contributed by atoms with Crippen molar-refractivity contribution >= 4 is 12.4 Å². The van der Waals surface area contributed by atoms with Crippen molar-refractivity contribution in [3.05, 3.63) is 23.8 Å². The topological polar surface area (TPSA) is 21.6 Å². The van der Waals surface area contributed by atoms with Crippen molar-refractivity contribution in [3.8, 4) is 5.75 Å². The van der Waals surface area contributed by atoms with E-state index < -0.39 is 0 Å². The van der Waals surface area contributed by atoms with Gasteiger partial charge in [-0.2, -0.15) is 0 Å². The molecule has 0 aliphatic heterocycles. The van der Waals surface area contributed by atoms with Crippen LogP contribution in [0.2, 0.25) is 0 Å². The van der Waals surface area contributed by atoms with Crippen molar-refractivity contribution in [1.29, 1.82) is 0 Å². The van der Waals surface area contributed by atoms with Gasteiger partial charge in [0, 0.05) is 0 Å². The summed E-state index contributed by atoms with van der Waals surface area (Å²) in [6.45, 7) is 9.59. The number of benzene rings is 1. The average Bonchev–Trinajstić information content (AvgIpc) is 2.30. The van der Waals surface area contributed by atoms with Gasteiger partial charge in [0.25, 0.3) is 0 Å². The third-order valence-corrected chi connectivity index (χ3v) is 1.84. The summed E-state index contributed by atoms with van der Waals surface area (Å²) in [6, 6.07) is 5.80. The molecule has 1 aromatic carbocycles. The van der Waals surface area contributed by atoms with Crippen LogP contribution in [0.3, 0.4) is 0 Å². The van der Waals surface area contributed by atoms with Crippen LogP contribution in [-0.4, -0.2) is 13.8 Å². The van der Waals surface area contributed by atoms with Gasteiger partial charge >= 0.3 is 0 Å². The van der Waals surface area contributed by atoms with Gasteiger partial charge in [0.15, 0.2) is 0 Å². The Morgan fingerprint density at radius 1 is 1.36 bits per heavy atom. The van der Waals surface area contributed by atoms with Gasteiger partial charge in [0.05, 0.1) is 12.8 Å². The van der Waals surface area contributed by atoms with Crippen LogP contribution in [-0.2, 0) is 6.42 Å². The fourth-order valence-electron chi connectivity index (χ4n) is 1.13. The Kier molecular flexibility index (Phi) is 6.46. The molecule has 78 valence electrons. The lowest BCUT2D eigenvalue weighted by Crippen LogP contribution is -1.86. The predicted octanol–water partition coefficient (Wildman–Crippen LogP) is 3.62. The van der Waals surface area contributed by atoms with E-state index in [4.69, 9.17) is 4.74 Å². The van der Waals surface area contributed by atoms with Crippen molar-refractivity contribution in [2.45, 2.75) is 27.2 Å². The zero-order chi connectivity index (χ0) is 11.0. The second kappa shape index (κ2) is 7.13. The van der Waals surface area contributed by atoms with Gasteiger partial charge in [-0.3, -0.25) is 4.99 Å². The SMILES string of the molecule is C=Nc1ccc(OC)cc1CC.CC. The first-order valence-corrected chi connectivity index (χ1v) is 4.95. The fourth-order valence-corrected chi connectivity index (χ4v) is 1.13. The summed E-state index contributed by atoms with van der Waals surface area (Å²) in [5, 5.41) is 0. The van der Waals surface area contributed by atoms with Gasteiger partial charge in [0.1, 0.15) is 5.75 Å². The van der Waals surface area contributed by atoms with Gasteiger partial charge in [-0.25, -0.2) is 0 Å². The van der Waals surface area contributed by atoms with Gasteiger partial charge in [-0.1, -0.05) is 20.8 Å². The molecule has 0 aromatic heterocycles. The average molecular weight is 193 g/mol. The van der Waals surface area contributed by atoms with Crippen molar-refractivity contribution < 1.29 is 4.74 Å². The first kappa shape index (κ1) is 12.7. The highest BCUT2D eigenvalue weighted by Crippen LogP contribution is 2.24. The van der Waals surface area contributed by atoms with Crippen LogP contribution in [0.4, 0.5) is 5.69 Å². The van der Waals surface area contributed by atoms with Crippen molar-refractivity contribution in [2.75, 3.05) is 7.11 Å². The van der Waals surface area contributed by atoms with E-state index in [9.17, 15) is 0 Å². The van der Waals surface area contributed by atoms with E-state index in [1.165, 1.54) is 5.56 Å². The fraction of sp³-hybridized carbons (Fsp3) is 0.417. The summed E-state index contributed by atoms with van der Waals surface area (Å²) in [5.41, 5.74) is 2.11. The third-order valence-electron chi connectivity index (χ3n) is 1.84. The first-order valence-electron chi connectivity index (χ1n) is 4.95. The maximum atomic E-state index is 5.09. The van der Waals surface area contributed by atoms with E-state index in [1.54, 1.807) is 7.11 Å². The van der Waals surface area contributed by atoms with Crippen molar-refractivity contribution in [2.24, 2.45) is 4.99 Å². The van der Waals surface area contributed by atoms with Crippen molar-refractivity contribution in [3.63, 3.8) is 0 Å². The summed E-state index contributed by atoms with van der Waals surface area (Å²) < 4.78 is 5.09. The van der Waals surface area contributed by atoms with Crippen LogP contribution in [0.5, 0.6) is 5.75 Å². The molecule has 0 bridgehead atoms. The number of hydrogen-bond donors (Lipinski definition) is 0. The molecule has 0 radical (unpaired) electrons. The molecule has 2 nitrogen and oxygen atoms in total. The number of ether oxygens (including phenoxy) is 1. The van der Waals surface area contributed by atoms with Crippen LogP contribution in [0, 0.1) is 0 Å². The normalized spacial score (nSPS) is 8.57. The van der Waals surface area contributed by atoms with E-state index in [-0.39, 0.29) is 0 Å². The number of aryl methyl sites for hydroxylation is 1. The lowest BCUT2D eigenvalue weighted by molar-refractivity contribution is 0.414. The number of hydrogen-bond acceptors (Lipinski definition) is 2. The molecule has 1 aromatic rings. The summed E-state index contributed by atoms with van der Waals surface area (Å²) in [5.74, 6) is 0.874. The predicted molar refractivity (Wildman–Crippen MR) is 62.9 cm³/mol. The maximum Gasteiger partial charge on any atom is 0.119 e. The summed E-state index contributed by atoms with van der Waals surface area (Å²) >= 11 is 0. The Morgan fingerprint density at radius 2 is 2.00 bits per heavy atom. The Hall–Kier alpha value is -1.31. The van der Waals surface area contributed by atoms with Gasteiger partial charge in [0.2, 0.25) is 0 Å². The molecule has 0 amide bonds. The second-order valence-corrected chi connectivity index (χ2v) is 2.51. The standard InChI is InChI=1S/C10H13NO.C2H6/c1-4-8-7-9(12-3)5-6-10(8)11-2;1-2/h5-7H,2,4H2,1,3H3;1-2H3. The Labute approximate surface area is 86.6 Å². The van der Waals surface area contributed by atoms with Gasteiger partial charge in [-0.15, -0.1) is 0 Å². The highest BCUT2D eigenvalue weighted by Gasteiger charge is 1.99. The molecule has 0 N–H and O–H groups in total. The minimum atomic E-state index is 0.874. The molecule has 0 unspecified atom stereocenters. The molecular weight excluding hydrogens is 174 g/mol. The van der Waals surface area contributed by atoms with E-state index in [1.807, 2.05) is 32.0 Å². The van der Waals surface area contributed by atoms with E-state index in [0.717, 1.165) is 17.9 Å². The Balaban J connectivity index is 0.000000791. The molecule has 1 rings (SSSR count). The summed E-state index contributed by atoms with van der Waals surface area (Å²) in [4.78, 5) is 3.91. The largest absolute Gasteiger partial charge is 0.497 e. The zero-order valence-corrected chi connectivity index (χ0v) is 9.50. The molecule has 0 aliphatic carbocycles. The van der Waals surface area contributed by atoms with E-state index in [0.29, 0.717) is 0 Å². The third kappa shape index (κ3) is 3.21. The van der Waals surface area contributed by atoms with Crippen molar-refractivity contribution in [1.82, 2.24) is 0 Å². The monoisotopic (exact) mass is 193 g/mol. The number of nitrogens with zero attached hydrogens (tertiary/aromatic N) is 1. The van der Waals surface area contributed by atoms with Crippen LogP contribution < -0.4 is 4.74 Å². The minimum absolute atomic E-state index is 0.874. The number of aliphatic imine (C=N–C) groups is 1. The molecule has 0 saturated heterocycles. The summed E-state index contributed by atoms with van der Waals surface area (Å²) in [6.07, 6.45) is 0.950. The highest BCUT2D eigenvalue weighted by atomic mass is 16.5. The molecule has 0 fully saturated rings. The van der Waals surface area contributed by atoms with Crippen LogP contribution in [0.15, 0.2) is 23.2 Å². The highest BCUT2D eigenvalue weighted by molar-refractivity contribution is 5.54. The molecule has 0 saturated carbocycles. The second-order valence-electron chi connectivity index (χ2n) is 2.51. The number of methoxy groups -OCH3 is 1. The lowest BCUT2D eigenvalue weighted by atomic mass is 10.1. The molecule has 0 heterocycles. The zero-order valence-electron chi connectivity index (χ0n) is 9.50. The lowest BCUT2D eigenvalue weighted by Gasteiger charge is -2.04. The number of rotatable bonds is 3. The van der Waals surface area contributed by atoms with Gasteiger partial charge in [-0.05, 0) is 36.9 Å². The quantitative estimate of drug-likeness (QED) is 0.672. The summed E-state index contributed by atoms with van der Waals surface area (Å²) in [7, 11) is 1.66. The van der Waals surface area contributed by atoms with E-state index in [2.05, 4.69) is 18.6 Å². The van der Waals surface area contributed by atoms with Crippen LogP contribution in [0.1, 0.15) is 26.3 Å². The molecule has 2 heteroatoms.